The molecule has 0 radical (unpaired) electrons. The Morgan fingerprint density at radius 1 is 0.485 bits per heavy atom. The molecule has 0 aliphatic heterocycles. The van der Waals surface area contributed by atoms with Gasteiger partial charge in [-0.3, -0.25) is 9.13 Å². The van der Waals surface area contributed by atoms with E-state index in [4.69, 9.17) is 43.3 Å². The molecule has 0 aliphatic carbocycles. The molecule has 13 heteroatoms. The van der Waals surface area contributed by atoms with Crippen LogP contribution in [0.2, 0.25) is 0 Å². The summed E-state index contributed by atoms with van der Waals surface area (Å²) in [6.45, 7) is 2.81. The Hall–Kier alpha value is -1.78. The molecular weight excluding hydrogens is 478 g/mol. The SMILES string of the molecule is O=P(O)(O)c1ccc(OCCOCCOCCOCCOc2ccc(P(=O)(O)O)cc2)cc1. The van der Waals surface area contributed by atoms with E-state index in [2.05, 4.69) is 0 Å². The summed E-state index contributed by atoms with van der Waals surface area (Å²) in [6, 6.07) is 11.3. The standard InChI is InChI=1S/C20H28O11P2/c21-32(22,23)19-5-1-17(2-6-19)30-15-13-28-11-9-27-10-12-29-14-16-31-18-3-7-20(8-4-18)33(24,25)26/h1-8H,9-16H2,(H2,21,22,23)(H2,24,25,26). The maximum Gasteiger partial charge on any atom is 0.356 e. The van der Waals surface area contributed by atoms with Crippen LogP contribution in [0.15, 0.2) is 48.5 Å². The highest BCUT2D eigenvalue weighted by atomic mass is 31.2. The molecule has 0 atom stereocenters. The monoisotopic (exact) mass is 506 g/mol. The first-order valence-electron chi connectivity index (χ1n) is 9.97. The summed E-state index contributed by atoms with van der Waals surface area (Å²) in [5, 5.41) is -0.120. The van der Waals surface area contributed by atoms with Gasteiger partial charge in [0.05, 0.1) is 50.3 Å². The van der Waals surface area contributed by atoms with Crippen molar-refractivity contribution in [2.24, 2.45) is 0 Å². The van der Waals surface area contributed by atoms with Crippen LogP contribution in [0.3, 0.4) is 0 Å². The van der Waals surface area contributed by atoms with Crippen molar-refractivity contribution in [1.82, 2.24) is 0 Å². The molecule has 2 rings (SSSR count). The van der Waals surface area contributed by atoms with Gasteiger partial charge in [0.15, 0.2) is 0 Å². The molecule has 33 heavy (non-hydrogen) atoms. The lowest BCUT2D eigenvalue weighted by molar-refractivity contribution is 0.00499. The average molecular weight is 506 g/mol. The van der Waals surface area contributed by atoms with Gasteiger partial charge < -0.3 is 43.3 Å². The van der Waals surface area contributed by atoms with Crippen molar-refractivity contribution in [3.8, 4) is 11.5 Å². The first kappa shape index (κ1) is 27.5. The Kier molecular flexibility index (Phi) is 11.5. The molecule has 0 aliphatic rings. The molecule has 0 amide bonds. The highest BCUT2D eigenvalue weighted by Crippen LogP contribution is 2.34. The van der Waals surface area contributed by atoms with Gasteiger partial charge in [-0.05, 0) is 48.5 Å². The van der Waals surface area contributed by atoms with E-state index in [1.54, 1.807) is 0 Å². The Balaban J connectivity index is 1.40. The van der Waals surface area contributed by atoms with Crippen LogP contribution >= 0.6 is 15.2 Å². The summed E-state index contributed by atoms with van der Waals surface area (Å²) in [7, 11) is -8.49. The summed E-state index contributed by atoms with van der Waals surface area (Å²) in [5.41, 5.74) is 0. The lowest BCUT2D eigenvalue weighted by atomic mass is 10.3. The topological polar surface area (TPSA) is 161 Å². The van der Waals surface area contributed by atoms with Gasteiger partial charge in [0.1, 0.15) is 24.7 Å². The molecule has 0 saturated carbocycles. The second-order valence-electron chi connectivity index (χ2n) is 6.61. The van der Waals surface area contributed by atoms with Crippen LogP contribution < -0.4 is 20.1 Å². The molecule has 0 bridgehead atoms. The molecule has 0 saturated heterocycles. The molecule has 11 nitrogen and oxygen atoms in total. The van der Waals surface area contributed by atoms with Crippen LogP contribution in [-0.4, -0.2) is 72.4 Å². The first-order valence-corrected chi connectivity index (χ1v) is 13.2. The van der Waals surface area contributed by atoms with Crippen LogP contribution in [0.5, 0.6) is 11.5 Å². The lowest BCUT2D eigenvalue weighted by Gasteiger charge is -2.10. The fraction of sp³-hybridized carbons (Fsp3) is 0.400. The Morgan fingerprint density at radius 3 is 1.03 bits per heavy atom. The number of ether oxygens (including phenoxy) is 5. The fourth-order valence-electron chi connectivity index (χ4n) is 2.45. The molecule has 0 heterocycles. The van der Waals surface area contributed by atoms with Crippen molar-refractivity contribution in [2.75, 3.05) is 52.9 Å². The molecule has 4 N–H and O–H groups in total. The zero-order valence-electron chi connectivity index (χ0n) is 17.8. The van der Waals surface area contributed by atoms with Crippen molar-refractivity contribution in [2.45, 2.75) is 0 Å². The second kappa shape index (κ2) is 13.8. The largest absolute Gasteiger partial charge is 0.491 e. The molecule has 0 unspecified atom stereocenters. The minimum absolute atomic E-state index is 0.0601. The molecule has 0 fully saturated rings. The van der Waals surface area contributed by atoms with Crippen LogP contribution in [-0.2, 0) is 23.3 Å². The predicted octanol–water partition coefficient (Wildman–Crippen LogP) is 0.800. The van der Waals surface area contributed by atoms with Gasteiger partial charge in [-0.2, -0.15) is 0 Å². The Labute approximate surface area is 191 Å². The van der Waals surface area contributed by atoms with E-state index in [0.717, 1.165) is 0 Å². The van der Waals surface area contributed by atoms with Crippen molar-refractivity contribution in [3.05, 3.63) is 48.5 Å². The Bertz CT molecular complexity index is 831. The van der Waals surface area contributed by atoms with Crippen molar-refractivity contribution in [3.63, 3.8) is 0 Å². The van der Waals surface area contributed by atoms with Crippen molar-refractivity contribution >= 4 is 25.8 Å². The Morgan fingerprint density at radius 2 is 0.758 bits per heavy atom. The van der Waals surface area contributed by atoms with Crippen LogP contribution in [0.25, 0.3) is 0 Å². The number of hydrogen-bond donors (Lipinski definition) is 4. The van der Waals surface area contributed by atoms with Crippen LogP contribution in [0.1, 0.15) is 0 Å². The van der Waals surface area contributed by atoms with E-state index in [-0.39, 0.29) is 10.6 Å². The summed E-state index contributed by atoms with van der Waals surface area (Å²) in [5.74, 6) is 0.984. The van der Waals surface area contributed by atoms with E-state index < -0.39 is 15.2 Å². The summed E-state index contributed by atoms with van der Waals surface area (Å²) >= 11 is 0. The van der Waals surface area contributed by atoms with Gasteiger partial charge >= 0.3 is 15.2 Å². The van der Waals surface area contributed by atoms with E-state index in [1.807, 2.05) is 0 Å². The summed E-state index contributed by atoms with van der Waals surface area (Å²) < 4.78 is 49.2. The smallest absolute Gasteiger partial charge is 0.356 e. The van der Waals surface area contributed by atoms with Gasteiger partial charge in [-0.25, -0.2) is 0 Å². The third-order valence-corrected chi connectivity index (χ3v) is 6.02. The van der Waals surface area contributed by atoms with Crippen LogP contribution in [0.4, 0.5) is 0 Å². The normalized spacial score (nSPS) is 12.0. The summed E-state index contributed by atoms with van der Waals surface area (Å²) in [4.78, 5) is 36.2. The van der Waals surface area contributed by atoms with Crippen molar-refractivity contribution < 1.29 is 52.4 Å². The zero-order chi connectivity index (χ0) is 24.2. The molecular formula is C20H28O11P2. The van der Waals surface area contributed by atoms with E-state index in [9.17, 15) is 9.13 Å². The van der Waals surface area contributed by atoms with E-state index >= 15 is 0 Å². The third kappa shape index (κ3) is 11.3. The van der Waals surface area contributed by atoms with Gasteiger partial charge in [0, 0.05) is 0 Å². The molecule has 184 valence electrons. The lowest BCUT2D eigenvalue weighted by Crippen LogP contribution is -2.14. The third-order valence-electron chi connectivity index (χ3n) is 4.08. The zero-order valence-corrected chi connectivity index (χ0v) is 19.6. The van der Waals surface area contributed by atoms with Gasteiger partial charge in [0.25, 0.3) is 0 Å². The highest BCUT2D eigenvalue weighted by molar-refractivity contribution is 7.60. The highest BCUT2D eigenvalue weighted by Gasteiger charge is 2.17. The van der Waals surface area contributed by atoms with E-state index in [1.165, 1.54) is 48.5 Å². The number of rotatable bonds is 16. The molecule has 2 aromatic carbocycles. The quantitative estimate of drug-likeness (QED) is 0.188. The first-order chi connectivity index (χ1) is 15.7. The van der Waals surface area contributed by atoms with Gasteiger partial charge in [-0.15, -0.1) is 0 Å². The molecule has 0 spiro atoms. The minimum Gasteiger partial charge on any atom is -0.491 e. The fourth-order valence-corrected chi connectivity index (χ4v) is 3.53. The van der Waals surface area contributed by atoms with Crippen LogP contribution in [0, 0.1) is 0 Å². The van der Waals surface area contributed by atoms with Crippen molar-refractivity contribution in [1.29, 1.82) is 0 Å². The predicted molar refractivity (Wildman–Crippen MR) is 120 cm³/mol. The number of hydrogen-bond acceptors (Lipinski definition) is 7. The molecule has 2 aromatic rings. The second-order valence-corrected chi connectivity index (χ2v) is 9.82. The molecule has 0 aromatic heterocycles. The maximum absolute atomic E-state index is 11.1. The minimum atomic E-state index is -4.25. The number of benzene rings is 2. The van der Waals surface area contributed by atoms with Gasteiger partial charge in [-0.1, -0.05) is 0 Å². The van der Waals surface area contributed by atoms with E-state index in [0.29, 0.717) is 64.4 Å². The summed E-state index contributed by atoms with van der Waals surface area (Å²) in [6.07, 6.45) is 0. The maximum atomic E-state index is 11.1. The van der Waals surface area contributed by atoms with Gasteiger partial charge in [0.2, 0.25) is 0 Å². The average Bonchev–Trinajstić information content (AvgIpc) is 2.76.